The molecule has 0 atom stereocenters. The standard InChI is InChI=1S/C18H25N3O/c1-4-5-6-7-8-9-17-14(2)20-21(15(17)3)18(22)16-10-12-19-13-11-16/h10-13H,4-9H2,1-3H3. The number of hydrogen-bond donors (Lipinski definition) is 0. The zero-order valence-electron chi connectivity index (χ0n) is 13.8. The number of hydrogen-bond acceptors (Lipinski definition) is 3. The number of aryl methyl sites for hydroxylation is 1. The Morgan fingerprint density at radius 1 is 1.09 bits per heavy atom. The maximum atomic E-state index is 12.5. The molecular weight excluding hydrogens is 274 g/mol. The molecule has 4 nitrogen and oxygen atoms in total. The molecule has 22 heavy (non-hydrogen) atoms. The number of nitrogens with zero attached hydrogens (tertiary/aromatic N) is 3. The Balaban J connectivity index is 2.08. The van der Waals surface area contributed by atoms with Crippen molar-refractivity contribution in [3.8, 4) is 0 Å². The van der Waals surface area contributed by atoms with Crippen molar-refractivity contribution >= 4 is 5.91 Å². The highest BCUT2D eigenvalue weighted by Gasteiger charge is 2.17. The van der Waals surface area contributed by atoms with Crippen LogP contribution in [0.15, 0.2) is 24.5 Å². The van der Waals surface area contributed by atoms with Gasteiger partial charge in [0.25, 0.3) is 5.91 Å². The van der Waals surface area contributed by atoms with E-state index in [1.54, 1.807) is 24.5 Å². The number of rotatable bonds is 7. The van der Waals surface area contributed by atoms with E-state index in [0.29, 0.717) is 5.56 Å². The van der Waals surface area contributed by atoms with Crippen LogP contribution < -0.4 is 0 Å². The number of unbranched alkanes of at least 4 members (excludes halogenated alkanes) is 4. The van der Waals surface area contributed by atoms with Gasteiger partial charge in [-0.1, -0.05) is 32.6 Å². The summed E-state index contributed by atoms with van der Waals surface area (Å²) < 4.78 is 1.53. The largest absolute Gasteiger partial charge is 0.278 e. The fourth-order valence-electron chi connectivity index (χ4n) is 2.76. The second kappa shape index (κ2) is 7.87. The van der Waals surface area contributed by atoms with Crippen LogP contribution in [-0.2, 0) is 6.42 Å². The van der Waals surface area contributed by atoms with E-state index in [4.69, 9.17) is 0 Å². The molecule has 0 aliphatic rings. The zero-order chi connectivity index (χ0) is 15.9. The van der Waals surface area contributed by atoms with Gasteiger partial charge < -0.3 is 0 Å². The van der Waals surface area contributed by atoms with Gasteiger partial charge in [-0.05, 0) is 44.4 Å². The average molecular weight is 299 g/mol. The summed E-state index contributed by atoms with van der Waals surface area (Å²) >= 11 is 0. The third kappa shape index (κ3) is 3.81. The molecule has 0 aliphatic carbocycles. The second-order valence-electron chi connectivity index (χ2n) is 5.77. The minimum Gasteiger partial charge on any atom is -0.267 e. The highest BCUT2D eigenvalue weighted by molar-refractivity contribution is 5.95. The van der Waals surface area contributed by atoms with E-state index in [9.17, 15) is 4.79 Å². The summed E-state index contributed by atoms with van der Waals surface area (Å²) in [6.45, 7) is 6.20. The molecule has 0 bridgehead atoms. The minimum atomic E-state index is -0.0831. The van der Waals surface area contributed by atoms with Crippen molar-refractivity contribution in [1.82, 2.24) is 14.8 Å². The molecule has 118 valence electrons. The Labute approximate surface area is 132 Å². The van der Waals surface area contributed by atoms with Crippen molar-refractivity contribution in [3.05, 3.63) is 47.0 Å². The normalized spacial score (nSPS) is 10.9. The highest BCUT2D eigenvalue weighted by atomic mass is 16.2. The SMILES string of the molecule is CCCCCCCc1c(C)nn(C(=O)c2ccncc2)c1C. The minimum absolute atomic E-state index is 0.0831. The van der Waals surface area contributed by atoms with Crippen molar-refractivity contribution in [3.63, 3.8) is 0 Å². The second-order valence-corrected chi connectivity index (χ2v) is 5.77. The van der Waals surface area contributed by atoms with Gasteiger partial charge in [0.2, 0.25) is 0 Å². The van der Waals surface area contributed by atoms with Crippen molar-refractivity contribution in [2.45, 2.75) is 59.3 Å². The number of pyridine rings is 1. The molecule has 0 spiro atoms. The van der Waals surface area contributed by atoms with Crippen LogP contribution in [-0.4, -0.2) is 20.7 Å². The van der Waals surface area contributed by atoms with Crippen molar-refractivity contribution in [2.75, 3.05) is 0 Å². The van der Waals surface area contributed by atoms with Crippen molar-refractivity contribution in [1.29, 1.82) is 0 Å². The van der Waals surface area contributed by atoms with E-state index in [2.05, 4.69) is 17.0 Å². The van der Waals surface area contributed by atoms with Gasteiger partial charge in [0.15, 0.2) is 0 Å². The van der Waals surface area contributed by atoms with Gasteiger partial charge in [-0.15, -0.1) is 0 Å². The molecule has 4 heteroatoms. The fourth-order valence-corrected chi connectivity index (χ4v) is 2.76. The summed E-state index contributed by atoms with van der Waals surface area (Å²) in [5.74, 6) is -0.0831. The van der Waals surface area contributed by atoms with Gasteiger partial charge in [0.05, 0.1) is 5.69 Å². The summed E-state index contributed by atoms with van der Waals surface area (Å²) in [7, 11) is 0. The maximum absolute atomic E-state index is 12.5. The molecule has 0 fully saturated rings. The Bertz CT molecular complexity index is 617. The van der Waals surface area contributed by atoms with Crippen LogP contribution in [0.2, 0.25) is 0 Å². The molecular formula is C18H25N3O. The molecule has 2 heterocycles. The van der Waals surface area contributed by atoms with Gasteiger partial charge in [0.1, 0.15) is 0 Å². The van der Waals surface area contributed by atoms with Gasteiger partial charge in [-0.3, -0.25) is 9.78 Å². The quantitative estimate of drug-likeness (QED) is 0.723. The molecule has 0 N–H and O–H groups in total. The molecule has 0 unspecified atom stereocenters. The van der Waals surface area contributed by atoms with E-state index in [1.807, 2.05) is 13.8 Å². The van der Waals surface area contributed by atoms with Crippen LogP contribution in [0.25, 0.3) is 0 Å². The molecule has 0 saturated carbocycles. The van der Waals surface area contributed by atoms with Gasteiger partial charge in [-0.2, -0.15) is 5.10 Å². The lowest BCUT2D eigenvalue weighted by Gasteiger charge is -2.04. The molecule has 2 aromatic rings. The highest BCUT2D eigenvalue weighted by Crippen LogP contribution is 2.18. The zero-order valence-corrected chi connectivity index (χ0v) is 13.8. The van der Waals surface area contributed by atoms with Gasteiger partial charge in [0, 0.05) is 23.7 Å². The van der Waals surface area contributed by atoms with Crippen LogP contribution in [0, 0.1) is 13.8 Å². The first-order valence-electron chi connectivity index (χ1n) is 8.15. The first kappa shape index (κ1) is 16.4. The summed E-state index contributed by atoms with van der Waals surface area (Å²) in [5, 5.41) is 4.45. The Kier molecular flexibility index (Phi) is 5.87. The van der Waals surface area contributed by atoms with Gasteiger partial charge in [-0.25, -0.2) is 4.68 Å². The lowest BCUT2D eigenvalue weighted by atomic mass is 10.0. The Morgan fingerprint density at radius 3 is 2.45 bits per heavy atom. The summed E-state index contributed by atoms with van der Waals surface area (Å²) in [5.41, 5.74) is 3.78. The third-order valence-corrected chi connectivity index (χ3v) is 4.09. The fraction of sp³-hybridized carbons (Fsp3) is 0.500. The number of carbonyl (C=O) groups excluding carboxylic acids is 1. The Hall–Kier alpha value is -1.97. The molecule has 2 rings (SSSR count). The lowest BCUT2D eigenvalue weighted by molar-refractivity contribution is 0.0942. The third-order valence-electron chi connectivity index (χ3n) is 4.09. The van der Waals surface area contributed by atoms with Gasteiger partial charge >= 0.3 is 0 Å². The molecule has 2 aromatic heterocycles. The average Bonchev–Trinajstić information content (AvgIpc) is 2.82. The predicted octanol–water partition coefficient (Wildman–Crippen LogP) is 4.10. The molecule has 0 radical (unpaired) electrons. The predicted molar refractivity (Wildman–Crippen MR) is 88.1 cm³/mol. The molecule has 0 saturated heterocycles. The van der Waals surface area contributed by atoms with Crippen molar-refractivity contribution < 1.29 is 4.79 Å². The van der Waals surface area contributed by atoms with Crippen molar-refractivity contribution in [2.24, 2.45) is 0 Å². The molecule has 0 amide bonds. The first-order valence-corrected chi connectivity index (χ1v) is 8.15. The number of carbonyl (C=O) groups is 1. The first-order chi connectivity index (χ1) is 10.6. The molecule has 0 aliphatic heterocycles. The van der Waals surface area contributed by atoms with Crippen LogP contribution in [0.4, 0.5) is 0 Å². The van der Waals surface area contributed by atoms with Crippen LogP contribution in [0.3, 0.4) is 0 Å². The van der Waals surface area contributed by atoms with Crippen LogP contribution in [0.5, 0.6) is 0 Å². The number of aromatic nitrogens is 3. The monoisotopic (exact) mass is 299 g/mol. The topological polar surface area (TPSA) is 47.8 Å². The summed E-state index contributed by atoms with van der Waals surface area (Å²) in [6, 6.07) is 3.45. The van der Waals surface area contributed by atoms with E-state index in [1.165, 1.54) is 35.9 Å². The molecule has 0 aromatic carbocycles. The van der Waals surface area contributed by atoms with Crippen LogP contribution in [0.1, 0.15) is 66.3 Å². The Morgan fingerprint density at radius 2 is 1.77 bits per heavy atom. The summed E-state index contributed by atoms with van der Waals surface area (Å²) in [4.78, 5) is 16.5. The smallest absolute Gasteiger partial charge is 0.267 e. The maximum Gasteiger partial charge on any atom is 0.278 e. The summed E-state index contributed by atoms with van der Waals surface area (Å²) in [6.07, 6.45) is 10.5. The van der Waals surface area contributed by atoms with E-state index >= 15 is 0 Å². The van der Waals surface area contributed by atoms with E-state index < -0.39 is 0 Å². The van der Waals surface area contributed by atoms with E-state index in [0.717, 1.165) is 24.2 Å². The lowest BCUT2D eigenvalue weighted by Crippen LogP contribution is -2.15. The van der Waals surface area contributed by atoms with E-state index in [-0.39, 0.29) is 5.91 Å². The van der Waals surface area contributed by atoms with Crippen LogP contribution >= 0.6 is 0 Å².